The van der Waals surface area contributed by atoms with Gasteiger partial charge in [-0.05, 0) is 24.6 Å². The molecule has 0 fully saturated rings. The van der Waals surface area contributed by atoms with E-state index in [0.717, 1.165) is 11.8 Å². The zero-order valence-electron chi connectivity index (χ0n) is 16.7. The van der Waals surface area contributed by atoms with E-state index in [4.69, 9.17) is 4.74 Å². The van der Waals surface area contributed by atoms with E-state index in [-0.39, 0.29) is 23.6 Å². The van der Waals surface area contributed by atoms with Crippen LogP contribution in [-0.2, 0) is 19.1 Å². The Hall–Kier alpha value is -3.67. The average molecular weight is 445 g/mol. The molecule has 3 rings (SSSR count). The quantitative estimate of drug-likeness (QED) is 0.212. The van der Waals surface area contributed by atoms with Crippen LogP contribution in [0, 0.1) is 10.1 Å². The summed E-state index contributed by atoms with van der Waals surface area (Å²) in [6.07, 6.45) is 1.45. The van der Waals surface area contributed by atoms with Crippen LogP contribution in [0.5, 0.6) is 0 Å². The van der Waals surface area contributed by atoms with E-state index in [2.05, 4.69) is 26.7 Å². The SMILES string of the molecule is C=CCOC(=O)C1=C(C)Nc2nc(SCC(=O)OC)nn2C1c1ccc([N+](=O)[O-])cc1. The highest BCUT2D eigenvalue weighted by Crippen LogP contribution is 2.37. The Kier molecular flexibility index (Phi) is 6.70. The third kappa shape index (κ3) is 4.74. The van der Waals surface area contributed by atoms with Crippen molar-refractivity contribution in [2.75, 3.05) is 24.8 Å². The summed E-state index contributed by atoms with van der Waals surface area (Å²) in [4.78, 5) is 39.1. The number of hydrogen-bond acceptors (Lipinski definition) is 10. The molecule has 0 saturated carbocycles. The third-order valence-electron chi connectivity index (χ3n) is 4.35. The molecule has 162 valence electrons. The van der Waals surface area contributed by atoms with Crippen LogP contribution in [0.2, 0.25) is 0 Å². The first-order chi connectivity index (χ1) is 14.8. The monoisotopic (exact) mass is 445 g/mol. The van der Waals surface area contributed by atoms with Gasteiger partial charge in [0, 0.05) is 17.8 Å². The first-order valence-electron chi connectivity index (χ1n) is 9.02. The van der Waals surface area contributed by atoms with Crippen molar-refractivity contribution in [3.8, 4) is 0 Å². The molecule has 1 aliphatic heterocycles. The van der Waals surface area contributed by atoms with Crippen LogP contribution in [0.15, 0.2) is 53.3 Å². The number of nitro groups is 1. The van der Waals surface area contributed by atoms with Gasteiger partial charge in [0.05, 0.1) is 23.4 Å². The third-order valence-corrected chi connectivity index (χ3v) is 5.16. The molecule has 1 N–H and O–H groups in total. The summed E-state index contributed by atoms with van der Waals surface area (Å²) in [6.45, 7) is 5.26. The molecule has 1 aliphatic rings. The van der Waals surface area contributed by atoms with Crippen LogP contribution in [0.1, 0.15) is 18.5 Å². The lowest BCUT2D eigenvalue weighted by atomic mass is 9.95. The molecule has 0 bridgehead atoms. The van der Waals surface area contributed by atoms with Crippen molar-refractivity contribution < 1.29 is 24.0 Å². The van der Waals surface area contributed by atoms with Crippen LogP contribution in [0.4, 0.5) is 11.6 Å². The second-order valence-electron chi connectivity index (χ2n) is 6.33. The Morgan fingerprint density at radius 3 is 2.71 bits per heavy atom. The number of carbonyl (C=O) groups is 2. The number of hydrogen-bond donors (Lipinski definition) is 1. The van der Waals surface area contributed by atoms with Gasteiger partial charge in [0.1, 0.15) is 12.6 Å². The van der Waals surface area contributed by atoms with Crippen LogP contribution in [0.25, 0.3) is 0 Å². The molecule has 2 heterocycles. The minimum Gasteiger partial charge on any atom is -0.468 e. The molecule has 0 saturated heterocycles. The van der Waals surface area contributed by atoms with E-state index in [1.165, 1.54) is 30.0 Å². The first-order valence-corrected chi connectivity index (χ1v) is 10.0. The average Bonchev–Trinajstić information content (AvgIpc) is 3.17. The lowest BCUT2D eigenvalue weighted by Gasteiger charge is -2.28. The minimum absolute atomic E-state index is 0.0167. The Balaban J connectivity index is 2.03. The predicted molar refractivity (Wildman–Crippen MR) is 111 cm³/mol. The maximum absolute atomic E-state index is 12.8. The first kappa shape index (κ1) is 22.0. The molecule has 1 atom stereocenters. The van der Waals surface area contributed by atoms with Crippen molar-refractivity contribution in [3.63, 3.8) is 0 Å². The second-order valence-corrected chi connectivity index (χ2v) is 7.27. The Bertz CT molecular complexity index is 1060. The van der Waals surface area contributed by atoms with E-state index in [1.807, 2.05) is 0 Å². The number of esters is 2. The molecule has 12 heteroatoms. The molecule has 0 amide bonds. The topological polar surface area (TPSA) is 138 Å². The summed E-state index contributed by atoms with van der Waals surface area (Å²) in [6, 6.07) is 5.06. The lowest BCUT2D eigenvalue weighted by molar-refractivity contribution is -0.384. The molecular formula is C19H19N5O6S. The van der Waals surface area contributed by atoms with Gasteiger partial charge in [-0.25, -0.2) is 9.48 Å². The number of nitro benzene ring substituents is 1. The molecule has 0 radical (unpaired) electrons. The molecule has 1 unspecified atom stereocenters. The lowest BCUT2D eigenvalue weighted by Crippen LogP contribution is -2.29. The highest BCUT2D eigenvalue weighted by molar-refractivity contribution is 7.99. The number of ether oxygens (including phenoxy) is 2. The highest BCUT2D eigenvalue weighted by Gasteiger charge is 2.35. The molecule has 31 heavy (non-hydrogen) atoms. The molecule has 11 nitrogen and oxygen atoms in total. The van der Waals surface area contributed by atoms with Crippen LogP contribution >= 0.6 is 11.8 Å². The number of benzene rings is 1. The van der Waals surface area contributed by atoms with Gasteiger partial charge in [-0.3, -0.25) is 14.9 Å². The number of methoxy groups -OCH3 is 1. The Morgan fingerprint density at radius 1 is 1.39 bits per heavy atom. The van der Waals surface area contributed by atoms with E-state index in [0.29, 0.717) is 22.4 Å². The van der Waals surface area contributed by atoms with Gasteiger partial charge in [0.2, 0.25) is 11.1 Å². The Labute approximate surface area is 181 Å². The summed E-state index contributed by atoms with van der Waals surface area (Å²) < 4.78 is 11.4. The number of anilines is 1. The van der Waals surface area contributed by atoms with Crippen LogP contribution in [0.3, 0.4) is 0 Å². The number of thioether (sulfide) groups is 1. The van der Waals surface area contributed by atoms with Crippen LogP contribution < -0.4 is 5.32 Å². The van der Waals surface area contributed by atoms with E-state index in [1.54, 1.807) is 19.1 Å². The zero-order chi connectivity index (χ0) is 22.5. The van der Waals surface area contributed by atoms with Crippen molar-refractivity contribution in [1.82, 2.24) is 14.8 Å². The van der Waals surface area contributed by atoms with Gasteiger partial charge in [-0.1, -0.05) is 24.4 Å². The maximum atomic E-state index is 12.8. The largest absolute Gasteiger partial charge is 0.468 e. The standard InChI is InChI=1S/C19H19N5O6S/c1-4-9-30-17(26)15-11(2)20-18-21-19(31-10-14(25)29-3)22-23(18)16(15)12-5-7-13(8-6-12)24(27)28/h4-8,16H,1,9-10H2,2-3H3,(H,20,21,22). The van der Waals surface area contributed by atoms with Gasteiger partial charge in [0.25, 0.3) is 5.69 Å². The normalized spacial score (nSPS) is 15.0. The molecule has 1 aromatic heterocycles. The maximum Gasteiger partial charge on any atom is 0.338 e. The number of nitrogens with zero attached hydrogens (tertiary/aromatic N) is 4. The van der Waals surface area contributed by atoms with Gasteiger partial charge < -0.3 is 14.8 Å². The summed E-state index contributed by atoms with van der Waals surface area (Å²) in [5.41, 5.74) is 1.27. The van der Waals surface area contributed by atoms with E-state index < -0.39 is 22.9 Å². The zero-order valence-corrected chi connectivity index (χ0v) is 17.5. The van der Waals surface area contributed by atoms with Gasteiger partial charge >= 0.3 is 11.9 Å². The number of non-ortho nitro benzene ring substituents is 1. The highest BCUT2D eigenvalue weighted by atomic mass is 32.2. The predicted octanol–water partition coefficient (Wildman–Crippen LogP) is 2.47. The number of nitrogens with one attached hydrogen (secondary N) is 1. The van der Waals surface area contributed by atoms with Crippen LogP contribution in [-0.4, -0.2) is 51.1 Å². The van der Waals surface area contributed by atoms with E-state index >= 15 is 0 Å². The summed E-state index contributed by atoms with van der Waals surface area (Å²) in [5.74, 6) is -0.643. The molecular weight excluding hydrogens is 426 g/mol. The fourth-order valence-corrected chi connectivity index (χ4v) is 3.60. The summed E-state index contributed by atoms with van der Waals surface area (Å²) >= 11 is 1.08. The number of aromatic nitrogens is 3. The van der Waals surface area contributed by atoms with Crippen molar-refractivity contribution in [3.05, 3.63) is 63.9 Å². The fourth-order valence-electron chi connectivity index (χ4n) is 2.94. The van der Waals surface area contributed by atoms with Crippen molar-refractivity contribution in [1.29, 1.82) is 0 Å². The molecule has 0 spiro atoms. The second kappa shape index (κ2) is 9.43. The summed E-state index contributed by atoms with van der Waals surface area (Å²) in [7, 11) is 1.29. The van der Waals surface area contributed by atoms with Crippen molar-refractivity contribution in [2.24, 2.45) is 0 Å². The van der Waals surface area contributed by atoms with Crippen molar-refractivity contribution in [2.45, 2.75) is 18.1 Å². The molecule has 1 aromatic carbocycles. The fraction of sp³-hybridized carbons (Fsp3) is 0.263. The number of fused-ring (bicyclic) bond motifs is 1. The number of carbonyl (C=O) groups excluding carboxylic acids is 2. The number of allylic oxidation sites excluding steroid dienone is 1. The van der Waals surface area contributed by atoms with E-state index in [9.17, 15) is 19.7 Å². The van der Waals surface area contributed by atoms with Gasteiger partial charge in [0.15, 0.2) is 0 Å². The summed E-state index contributed by atoms with van der Waals surface area (Å²) in [5, 5.41) is 18.8. The minimum atomic E-state index is -0.741. The molecule has 2 aromatic rings. The Morgan fingerprint density at radius 2 is 2.10 bits per heavy atom. The number of rotatable bonds is 8. The van der Waals surface area contributed by atoms with Gasteiger partial charge in [-0.2, -0.15) is 4.98 Å². The molecule has 0 aliphatic carbocycles. The smallest absolute Gasteiger partial charge is 0.338 e. The van der Waals surface area contributed by atoms with Crippen molar-refractivity contribution >= 4 is 35.3 Å². The van der Waals surface area contributed by atoms with Gasteiger partial charge in [-0.15, -0.1) is 5.10 Å².